The zero-order valence-corrected chi connectivity index (χ0v) is 11.3. The van der Waals surface area contributed by atoms with Crippen LogP contribution in [0.1, 0.15) is 18.2 Å². The van der Waals surface area contributed by atoms with Crippen LogP contribution in [0.3, 0.4) is 0 Å². The van der Waals surface area contributed by atoms with E-state index >= 15 is 0 Å². The molecule has 5 nitrogen and oxygen atoms in total. The Bertz CT molecular complexity index is 664. The number of aryl methyl sites for hydroxylation is 1. The highest BCUT2D eigenvalue weighted by Crippen LogP contribution is 2.42. The predicted molar refractivity (Wildman–Crippen MR) is 68.5 cm³/mol. The second-order valence-electron chi connectivity index (χ2n) is 4.39. The van der Waals surface area contributed by atoms with Gasteiger partial charge in [-0.2, -0.15) is 0 Å². The second kappa shape index (κ2) is 4.42. The minimum Gasteiger partial charge on any atom is -0.476 e. The van der Waals surface area contributed by atoms with Crippen LogP contribution in [0.5, 0.6) is 5.75 Å². The first-order chi connectivity index (χ1) is 9.11. The van der Waals surface area contributed by atoms with Crippen molar-refractivity contribution in [3.8, 4) is 5.75 Å². The fourth-order valence-corrected chi connectivity index (χ4v) is 2.52. The van der Waals surface area contributed by atoms with Crippen molar-refractivity contribution in [1.82, 2.24) is 5.16 Å². The first kappa shape index (κ1) is 12.3. The molecule has 0 saturated carbocycles. The van der Waals surface area contributed by atoms with Crippen molar-refractivity contribution in [3.05, 3.63) is 22.3 Å². The van der Waals surface area contributed by atoms with E-state index in [1.54, 1.807) is 6.92 Å². The van der Waals surface area contributed by atoms with E-state index in [1.165, 1.54) is 0 Å². The summed E-state index contributed by atoms with van der Waals surface area (Å²) < 4.78 is 15.7. The van der Waals surface area contributed by atoms with E-state index in [-0.39, 0.29) is 5.97 Å². The van der Waals surface area contributed by atoms with Gasteiger partial charge in [-0.15, -0.1) is 0 Å². The van der Waals surface area contributed by atoms with Gasteiger partial charge in [0.15, 0.2) is 11.7 Å². The molecule has 6 heteroatoms. The van der Waals surface area contributed by atoms with Gasteiger partial charge in [-0.05, 0) is 19.9 Å². The number of halogens is 1. The molecule has 3 rings (SSSR count). The maximum atomic E-state index is 11.7. The number of rotatable bonds is 2. The summed E-state index contributed by atoms with van der Waals surface area (Å²) in [6.07, 6.45) is -0.179. The van der Waals surface area contributed by atoms with Gasteiger partial charge in [0, 0.05) is 17.4 Å². The topological polar surface area (TPSA) is 61.6 Å². The predicted octanol–water partition coefficient (Wildman–Crippen LogP) is 2.66. The van der Waals surface area contributed by atoms with Crippen LogP contribution in [0.25, 0.3) is 11.0 Å². The van der Waals surface area contributed by atoms with E-state index in [2.05, 4.69) is 5.16 Å². The Labute approximate surface area is 114 Å². The molecule has 0 radical (unpaired) electrons. The monoisotopic (exact) mass is 281 g/mol. The van der Waals surface area contributed by atoms with E-state index in [0.717, 1.165) is 16.6 Å². The van der Waals surface area contributed by atoms with E-state index < -0.39 is 6.10 Å². The molecule has 1 unspecified atom stereocenters. The lowest BCUT2D eigenvalue weighted by Crippen LogP contribution is -2.27. The summed E-state index contributed by atoms with van der Waals surface area (Å²) in [7, 11) is 0. The summed E-state index contributed by atoms with van der Waals surface area (Å²) >= 11 is 6.24. The first-order valence-corrected chi connectivity index (χ1v) is 6.40. The number of esters is 1. The fraction of sp³-hybridized carbons (Fsp3) is 0.385. The minimum absolute atomic E-state index is 0.328. The highest BCUT2D eigenvalue weighted by Gasteiger charge is 2.33. The minimum atomic E-state index is -0.632. The number of fused-ring (bicyclic) bond motifs is 2. The third kappa shape index (κ3) is 1.85. The number of ether oxygens (including phenoxy) is 2. The molecule has 2 heterocycles. The normalized spacial score (nSPS) is 17.3. The Morgan fingerprint density at radius 1 is 1.63 bits per heavy atom. The van der Waals surface area contributed by atoms with Crippen molar-refractivity contribution in [2.45, 2.75) is 26.4 Å². The zero-order valence-electron chi connectivity index (χ0n) is 10.5. The van der Waals surface area contributed by atoms with Crippen LogP contribution in [0, 0.1) is 6.92 Å². The summed E-state index contributed by atoms with van der Waals surface area (Å²) in [4.78, 5) is 11.7. The Balaban J connectivity index is 2.02. The molecule has 0 bridgehead atoms. The molecule has 1 atom stereocenters. The molecule has 0 saturated heterocycles. The van der Waals surface area contributed by atoms with Gasteiger partial charge in [0.05, 0.1) is 12.3 Å². The molecule has 0 fully saturated rings. The van der Waals surface area contributed by atoms with Crippen LogP contribution in [0.4, 0.5) is 0 Å². The zero-order chi connectivity index (χ0) is 13.6. The number of hydrogen-bond donors (Lipinski definition) is 0. The van der Waals surface area contributed by atoms with Crippen molar-refractivity contribution in [2.75, 3.05) is 6.61 Å². The average Bonchev–Trinajstić information content (AvgIpc) is 2.96. The smallest absolute Gasteiger partial charge is 0.347 e. The Morgan fingerprint density at radius 3 is 3.16 bits per heavy atom. The SMILES string of the molecule is CCOC(=O)C1Cc2cc3c(C)noc3c(Cl)c2O1. The lowest BCUT2D eigenvalue weighted by Gasteiger charge is -2.09. The average molecular weight is 282 g/mol. The quantitative estimate of drug-likeness (QED) is 0.792. The number of carbonyl (C=O) groups excluding carboxylic acids is 1. The van der Waals surface area contributed by atoms with Crippen LogP contribution in [-0.2, 0) is 16.0 Å². The van der Waals surface area contributed by atoms with Crippen LogP contribution in [0.15, 0.2) is 10.6 Å². The highest BCUT2D eigenvalue weighted by atomic mass is 35.5. The number of hydrogen-bond acceptors (Lipinski definition) is 5. The molecular weight excluding hydrogens is 270 g/mol. The molecule has 1 aliphatic rings. The second-order valence-corrected chi connectivity index (χ2v) is 4.76. The van der Waals surface area contributed by atoms with Gasteiger partial charge in [-0.3, -0.25) is 0 Å². The van der Waals surface area contributed by atoms with Crippen molar-refractivity contribution < 1.29 is 18.8 Å². The Morgan fingerprint density at radius 2 is 2.42 bits per heavy atom. The molecule has 0 amide bonds. The van der Waals surface area contributed by atoms with Gasteiger partial charge in [0.1, 0.15) is 10.8 Å². The number of carbonyl (C=O) groups is 1. The highest BCUT2D eigenvalue weighted by molar-refractivity contribution is 6.36. The van der Waals surface area contributed by atoms with Gasteiger partial charge in [0.25, 0.3) is 0 Å². The summed E-state index contributed by atoms with van der Waals surface area (Å²) in [5.41, 5.74) is 2.13. The molecule has 2 aromatic rings. The number of aromatic nitrogens is 1. The van der Waals surface area contributed by atoms with Gasteiger partial charge >= 0.3 is 5.97 Å². The van der Waals surface area contributed by atoms with E-state index in [0.29, 0.717) is 29.4 Å². The van der Waals surface area contributed by atoms with E-state index in [9.17, 15) is 4.79 Å². The molecule has 100 valence electrons. The van der Waals surface area contributed by atoms with Crippen molar-refractivity contribution in [3.63, 3.8) is 0 Å². The standard InChI is InChI=1S/C13H12ClNO4/c1-3-17-13(16)9-5-7-4-8-6(2)15-19-12(8)10(14)11(7)18-9/h4,9H,3,5H2,1-2H3. The fourth-order valence-electron chi connectivity index (χ4n) is 2.22. The van der Waals surface area contributed by atoms with Gasteiger partial charge in [-0.25, -0.2) is 4.79 Å². The van der Waals surface area contributed by atoms with Crippen LogP contribution in [-0.4, -0.2) is 23.8 Å². The number of nitrogens with zero attached hydrogens (tertiary/aromatic N) is 1. The van der Waals surface area contributed by atoms with Crippen molar-refractivity contribution >= 4 is 28.5 Å². The molecule has 1 aliphatic heterocycles. The van der Waals surface area contributed by atoms with Gasteiger partial charge in [0.2, 0.25) is 0 Å². The van der Waals surface area contributed by atoms with Crippen molar-refractivity contribution in [2.24, 2.45) is 0 Å². The third-order valence-corrected chi connectivity index (χ3v) is 3.48. The first-order valence-electron chi connectivity index (χ1n) is 6.02. The summed E-state index contributed by atoms with van der Waals surface area (Å²) in [6, 6.07) is 1.90. The third-order valence-electron chi connectivity index (χ3n) is 3.13. The van der Waals surface area contributed by atoms with E-state index in [4.69, 9.17) is 25.6 Å². The summed E-state index contributed by atoms with van der Waals surface area (Å²) in [5, 5.41) is 5.08. The molecule has 0 aliphatic carbocycles. The van der Waals surface area contributed by atoms with Crippen LogP contribution in [0.2, 0.25) is 5.02 Å². The van der Waals surface area contributed by atoms with Crippen molar-refractivity contribution in [1.29, 1.82) is 0 Å². The van der Waals surface area contributed by atoms with Gasteiger partial charge in [-0.1, -0.05) is 16.8 Å². The largest absolute Gasteiger partial charge is 0.476 e. The Kier molecular flexibility index (Phi) is 2.86. The molecule has 0 spiro atoms. The lowest BCUT2D eigenvalue weighted by molar-refractivity contribution is -0.150. The molecule has 1 aromatic heterocycles. The lowest BCUT2D eigenvalue weighted by atomic mass is 10.1. The maximum Gasteiger partial charge on any atom is 0.347 e. The Hall–Kier alpha value is -1.75. The molecular formula is C13H12ClNO4. The maximum absolute atomic E-state index is 11.7. The summed E-state index contributed by atoms with van der Waals surface area (Å²) in [6.45, 7) is 3.93. The molecule has 19 heavy (non-hydrogen) atoms. The number of benzene rings is 1. The molecule has 1 aromatic carbocycles. The van der Waals surface area contributed by atoms with Gasteiger partial charge < -0.3 is 14.0 Å². The van der Waals surface area contributed by atoms with Crippen LogP contribution < -0.4 is 4.74 Å². The van der Waals surface area contributed by atoms with E-state index in [1.807, 2.05) is 13.0 Å². The summed E-state index contributed by atoms with van der Waals surface area (Å²) in [5.74, 6) is 0.115. The van der Waals surface area contributed by atoms with Crippen LogP contribution >= 0.6 is 11.6 Å². The molecule has 0 N–H and O–H groups in total.